The van der Waals surface area contributed by atoms with Gasteiger partial charge in [0, 0.05) is 30.4 Å². The normalized spacial score (nSPS) is 10.3. The summed E-state index contributed by atoms with van der Waals surface area (Å²) in [6, 6.07) is 14.5. The van der Waals surface area contributed by atoms with Crippen LogP contribution in [0.1, 0.15) is 28.4 Å². The predicted octanol–water partition coefficient (Wildman–Crippen LogP) is 3.53. The van der Waals surface area contributed by atoms with Gasteiger partial charge in [0.15, 0.2) is 6.79 Å². The maximum atomic E-state index is 12.2. The SMILES string of the molecule is CCOC(=O)c1ccc(-n2cc(C#N)c3c(C#N)cccc32)cc1OCOC. The van der Waals surface area contributed by atoms with Gasteiger partial charge in [-0.3, -0.25) is 0 Å². The van der Waals surface area contributed by atoms with Crippen LogP contribution >= 0.6 is 0 Å². The van der Waals surface area contributed by atoms with E-state index < -0.39 is 5.97 Å². The number of hydrogen-bond acceptors (Lipinski definition) is 6. The molecule has 1 heterocycles. The number of nitrogens with zero attached hydrogens (tertiary/aromatic N) is 3. The molecule has 0 amide bonds. The Kier molecular flexibility index (Phi) is 5.59. The predicted molar refractivity (Wildman–Crippen MR) is 101 cm³/mol. The third-order valence-corrected chi connectivity index (χ3v) is 4.14. The minimum atomic E-state index is -0.498. The monoisotopic (exact) mass is 375 g/mol. The van der Waals surface area contributed by atoms with Gasteiger partial charge in [0.25, 0.3) is 0 Å². The fourth-order valence-corrected chi connectivity index (χ4v) is 2.96. The average Bonchev–Trinajstić information content (AvgIpc) is 3.11. The van der Waals surface area contributed by atoms with Crippen LogP contribution in [-0.4, -0.2) is 31.0 Å². The van der Waals surface area contributed by atoms with E-state index in [1.807, 2.05) is 6.07 Å². The zero-order valence-electron chi connectivity index (χ0n) is 15.4. The molecular formula is C21H17N3O4. The highest BCUT2D eigenvalue weighted by Gasteiger charge is 2.18. The molecule has 0 saturated carbocycles. The molecule has 3 rings (SSSR count). The highest BCUT2D eigenvalue weighted by Crippen LogP contribution is 2.30. The lowest BCUT2D eigenvalue weighted by Gasteiger charge is -2.13. The number of aromatic nitrogens is 1. The lowest BCUT2D eigenvalue weighted by molar-refractivity contribution is 0.0438. The number of carbonyl (C=O) groups excluding carboxylic acids is 1. The molecule has 7 nitrogen and oxygen atoms in total. The largest absolute Gasteiger partial charge is 0.467 e. The van der Waals surface area contributed by atoms with Crippen molar-refractivity contribution in [3.63, 3.8) is 0 Å². The summed E-state index contributed by atoms with van der Waals surface area (Å²) in [5, 5.41) is 19.4. The first kappa shape index (κ1) is 19.0. The van der Waals surface area contributed by atoms with Gasteiger partial charge >= 0.3 is 5.97 Å². The first-order valence-electron chi connectivity index (χ1n) is 8.52. The van der Waals surface area contributed by atoms with Crippen molar-refractivity contribution in [3.8, 4) is 23.6 Å². The molecule has 0 radical (unpaired) electrons. The number of carbonyl (C=O) groups is 1. The second-order valence-electron chi connectivity index (χ2n) is 5.79. The van der Waals surface area contributed by atoms with Crippen LogP contribution in [0.4, 0.5) is 0 Å². The summed E-state index contributed by atoms with van der Waals surface area (Å²) >= 11 is 0. The van der Waals surface area contributed by atoms with Gasteiger partial charge in [-0.25, -0.2) is 4.79 Å². The summed E-state index contributed by atoms with van der Waals surface area (Å²) in [4.78, 5) is 12.2. The molecule has 0 atom stereocenters. The van der Waals surface area contributed by atoms with Crippen molar-refractivity contribution >= 4 is 16.9 Å². The van der Waals surface area contributed by atoms with E-state index in [0.29, 0.717) is 33.5 Å². The molecule has 140 valence electrons. The molecule has 0 unspecified atom stereocenters. The van der Waals surface area contributed by atoms with Crippen LogP contribution in [0.3, 0.4) is 0 Å². The van der Waals surface area contributed by atoms with Gasteiger partial charge < -0.3 is 18.8 Å². The van der Waals surface area contributed by atoms with E-state index in [1.54, 1.807) is 48.0 Å². The Labute approximate surface area is 161 Å². The molecule has 2 aromatic carbocycles. The third-order valence-electron chi connectivity index (χ3n) is 4.14. The molecule has 0 aliphatic carbocycles. The first-order chi connectivity index (χ1) is 13.6. The Morgan fingerprint density at radius 3 is 2.61 bits per heavy atom. The van der Waals surface area contributed by atoms with Gasteiger partial charge in [-0.2, -0.15) is 10.5 Å². The minimum absolute atomic E-state index is 0.0374. The number of fused-ring (bicyclic) bond motifs is 1. The molecule has 0 saturated heterocycles. The van der Waals surface area contributed by atoms with Crippen LogP contribution in [0, 0.1) is 22.7 Å². The molecule has 0 N–H and O–H groups in total. The molecule has 3 aromatic rings. The van der Waals surface area contributed by atoms with Gasteiger partial charge in [0.2, 0.25) is 0 Å². The number of methoxy groups -OCH3 is 1. The Morgan fingerprint density at radius 2 is 1.93 bits per heavy atom. The molecule has 28 heavy (non-hydrogen) atoms. The fraction of sp³-hybridized carbons (Fsp3) is 0.190. The Bertz CT molecular complexity index is 1120. The minimum Gasteiger partial charge on any atom is -0.467 e. The van der Waals surface area contributed by atoms with Crippen LogP contribution in [0.15, 0.2) is 42.6 Å². The van der Waals surface area contributed by atoms with E-state index in [1.165, 1.54) is 7.11 Å². The van der Waals surface area contributed by atoms with E-state index in [-0.39, 0.29) is 19.0 Å². The number of ether oxygens (including phenoxy) is 3. The van der Waals surface area contributed by atoms with Crippen molar-refractivity contribution in [2.45, 2.75) is 6.92 Å². The van der Waals surface area contributed by atoms with Crippen molar-refractivity contribution in [1.29, 1.82) is 10.5 Å². The summed E-state index contributed by atoms with van der Waals surface area (Å²) in [5.74, 6) is -0.198. The molecule has 0 spiro atoms. The van der Waals surface area contributed by atoms with Gasteiger partial charge in [-0.15, -0.1) is 0 Å². The number of benzene rings is 2. The maximum Gasteiger partial charge on any atom is 0.341 e. The van der Waals surface area contributed by atoms with E-state index in [4.69, 9.17) is 14.2 Å². The van der Waals surface area contributed by atoms with Crippen molar-refractivity contribution in [1.82, 2.24) is 4.57 Å². The number of rotatable bonds is 6. The Hall–Kier alpha value is -3.81. The quantitative estimate of drug-likeness (QED) is 0.483. The van der Waals surface area contributed by atoms with Gasteiger partial charge in [0.05, 0.1) is 29.3 Å². The molecule has 1 aromatic heterocycles. The highest BCUT2D eigenvalue weighted by atomic mass is 16.7. The van der Waals surface area contributed by atoms with Gasteiger partial charge in [-0.05, 0) is 31.2 Å². The third kappa shape index (κ3) is 3.39. The van der Waals surface area contributed by atoms with Gasteiger partial charge in [0.1, 0.15) is 17.4 Å². The molecule has 0 aliphatic rings. The second-order valence-corrected chi connectivity index (χ2v) is 5.79. The van der Waals surface area contributed by atoms with Crippen molar-refractivity contribution in [2.75, 3.05) is 20.5 Å². The molecule has 7 heteroatoms. The van der Waals surface area contributed by atoms with Crippen LogP contribution < -0.4 is 4.74 Å². The number of esters is 1. The molecule has 0 bridgehead atoms. The van der Waals surface area contributed by atoms with Crippen molar-refractivity contribution in [2.24, 2.45) is 0 Å². The Morgan fingerprint density at radius 1 is 1.14 bits per heavy atom. The first-order valence-corrected chi connectivity index (χ1v) is 8.52. The van der Waals surface area contributed by atoms with Crippen LogP contribution in [0.5, 0.6) is 5.75 Å². The average molecular weight is 375 g/mol. The van der Waals surface area contributed by atoms with Crippen molar-refractivity contribution < 1.29 is 19.0 Å². The van der Waals surface area contributed by atoms with E-state index >= 15 is 0 Å². The van der Waals surface area contributed by atoms with E-state index in [0.717, 1.165) is 0 Å². The standard InChI is InChI=1S/C21H17N3O4/c1-3-27-21(25)17-8-7-16(9-19(17)28-13-26-2)24-12-15(11-23)20-14(10-22)5-4-6-18(20)24/h4-9,12H,3,13H2,1-2H3. The Balaban J connectivity index is 2.18. The molecule has 0 fully saturated rings. The smallest absolute Gasteiger partial charge is 0.341 e. The zero-order chi connectivity index (χ0) is 20.1. The summed E-state index contributed by atoms with van der Waals surface area (Å²) in [6.45, 7) is 1.93. The highest BCUT2D eigenvalue weighted by molar-refractivity contribution is 5.94. The summed E-state index contributed by atoms with van der Waals surface area (Å²) in [6.07, 6.45) is 1.66. The zero-order valence-corrected chi connectivity index (χ0v) is 15.4. The number of nitriles is 2. The van der Waals surface area contributed by atoms with Gasteiger partial charge in [-0.1, -0.05) is 6.07 Å². The lowest BCUT2D eigenvalue weighted by atomic mass is 10.1. The van der Waals surface area contributed by atoms with Crippen LogP contribution in [-0.2, 0) is 9.47 Å². The summed E-state index contributed by atoms with van der Waals surface area (Å²) < 4.78 is 17.4. The fourth-order valence-electron chi connectivity index (χ4n) is 2.96. The maximum absolute atomic E-state index is 12.2. The number of hydrogen-bond donors (Lipinski definition) is 0. The van der Waals surface area contributed by atoms with Crippen LogP contribution in [0.2, 0.25) is 0 Å². The van der Waals surface area contributed by atoms with Crippen molar-refractivity contribution in [3.05, 3.63) is 59.3 Å². The van der Waals surface area contributed by atoms with Crippen LogP contribution in [0.25, 0.3) is 16.6 Å². The van der Waals surface area contributed by atoms with E-state index in [9.17, 15) is 15.3 Å². The second kappa shape index (κ2) is 8.26. The molecular weight excluding hydrogens is 358 g/mol. The summed E-state index contributed by atoms with van der Waals surface area (Å²) in [5.41, 5.74) is 2.46. The van der Waals surface area contributed by atoms with E-state index in [2.05, 4.69) is 12.1 Å². The summed E-state index contributed by atoms with van der Waals surface area (Å²) in [7, 11) is 1.48. The lowest BCUT2D eigenvalue weighted by Crippen LogP contribution is -2.10. The topological polar surface area (TPSA) is 97.3 Å². The molecule has 0 aliphatic heterocycles.